The van der Waals surface area contributed by atoms with E-state index in [-0.39, 0.29) is 6.04 Å². The highest BCUT2D eigenvalue weighted by Crippen LogP contribution is 2.25. The Bertz CT molecular complexity index is 557. The number of rotatable bonds is 6. The van der Waals surface area contributed by atoms with Crippen LogP contribution in [0.25, 0.3) is 0 Å². The smallest absolute Gasteiger partial charge is 0.130 e. The summed E-state index contributed by atoms with van der Waals surface area (Å²) in [6, 6.07) is 6.80. The lowest BCUT2D eigenvalue weighted by atomic mass is 9.98. The Balaban J connectivity index is 2.44. The van der Waals surface area contributed by atoms with E-state index in [0.29, 0.717) is 0 Å². The number of aryl methyl sites for hydroxylation is 3. The summed E-state index contributed by atoms with van der Waals surface area (Å²) in [5, 5.41) is 3.58. The summed E-state index contributed by atoms with van der Waals surface area (Å²) >= 11 is 0. The van der Waals surface area contributed by atoms with Crippen molar-refractivity contribution < 1.29 is 0 Å². The summed E-state index contributed by atoms with van der Waals surface area (Å²) in [6.45, 7) is 10.6. The normalized spacial score (nSPS) is 12.6. The van der Waals surface area contributed by atoms with E-state index in [9.17, 15) is 0 Å². The van der Waals surface area contributed by atoms with Crippen LogP contribution < -0.4 is 5.32 Å². The second-order valence-corrected chi connectivity index (χ2v) is 5.33. The Morgan fingerprint density at radius 2 is 2.05 bits per heavy atom. The maximum atomic E-state index is 4.60. The minimum Gasteiger partial charge on any atom is -0.333 e. The molecule has 1 heterocycles. The Kier molecular flexibility index (Phi) is 4.96. The van der Waals surface area contributed by atoms with Gasteiger partial charge in [-0.3, -0.25) is 0 Å². The van der Waals surface area contributed by atoms with Crippen molar-refractivity contribution >= 4 is 0 Å². The zero-order chi connectivity index (χ0) is 14.5. The van der Waals surface area contributed by atoms with Crippen LogP contribution in [-0.4, -0.2) is 16.1 Å². The van der Waals surface area contributed by atoms with E-state index in [1.807, 2.05) is 6.20 Å². The highest BCUT2D eigenvalue weighted by atomic mass is 15.1. The van der Waals surface area contributed by atoms with Gasteiger partial charge in [0.2, 0.25) is 0 Å². The molecule has 108 valence electrons. The van der Waals surface area contributed by atoms with Gasteiger partial charge in [-0.1, -0.05) is 37.6 Å². The van der Waals surface area contributed by atoms with Gasteiger partial charge < -0.3 is 9.88 Å². The summed E-state index contributed by atoms with van der Waals surface area (Å²) in [5.74, 6) is 1.11. The molecular formula is C17H25N3. The van der Waals surface area contributed by atoms with Gasteiger partial charge in [-0.05, 0) is 37.9 Å². The van der Waals surface area contributed by atoms with Crippen LogP contribution in [0.4, 0.5) is 0 Å². The fourth-order valence-corrected chi connectivity index (χ4v) is 2.63. The average Bonchev–Trinajstić information content (AvgIpc) is 2.88. The van der Waals surface area contributed by atoms with Crippen LogP contribution in [0, 0.1) is 13.8 Å². The van der Waals surface area contributed by atoms with Gasteiger partial charge in [-0.25, -0.2) is 4.98 Å². The average molecular weight is 271 g/mol. The molecule has 0 saturated carbocycles. The van der Waals surface area contributed by atoms with Crippen LogP contribution in [0.2, 0.25) is 0 Å². The van der Waals surface area contributed by atoms with E-state index in [1.165, 1.54) is 16.7 Å². The summed E-state index contributed by atoms with van der Waals surface area (Å²) in [7, 11) is 0. The number of aromatic nitrogens is 2. The van der Waals surface area contributed by atoms with Gasteiger partial charge in [0, 0.05) is 18.9 Å². The van der Waals surface area contributed by atoms with Crippen molar-refractivity contribution in [2.24, 2.45) is 0 Å². The number of hydrogen-bond donors (Lipinski definition) is 1. The Morgan fingerprint density at radius 3 is 2.75 bits per heavy atom. The molecule has 1 N–H and O–H groups in total. The molecule has 0 fully saturated rings. The zero-order valence-corrected chi connectivity index (χ0v) is 13.0. The largest absolute Gasteiger partial charge is 0.333 e. The molecule has 0 bridgehead atoms. The monoisotopic (exact) mass is 271 g/mol. The van der Waals surface area contributed by atoms with Crippen molar-refractivity contribution in [2.75, 3.05) is 6.54 Å². The van der Waals surface area contributed by atoms with Crippen molar-refractivity contribution in [3.05, 3.63) is 53.1 Å². The first-order chi connectivity index (χ1) is 9.67. The summed E-state index contributed by atoms with van der Waals surface area (Å²) < 4.78 is 2.26. The van der Waals surface area contributed by atoms with Crippen LogP contribution in [-0.2, 0) is 6.54 Å². The van der Waals surface area contributed by atoms with Crippen molar-refractivity contribution in [2.45, 2.75) is 46.7 Å². The van der Waals surface area contributed by atoms with Crippen LogP contribution in [0.3, 0.4) is 0 Å². The summed E-state index contributed by atoms with van der Waals surface area (Å²) in [4.78, 5) is 4.60. The number of benzene rings is 1. The van der Waals surface area contributed by atoms with Crippen LogP contribution in [0.5, 0.6) is 0 Å². The molecule has 0 radical (unpaired) electrons. The van der Waals surface area contributed by atoms with Gasteiger partial charge in [0.15, 0.2) is 0 Å². The SMILES string of the molecule is CCCn1ccnc1C(NCC)c1cc(C)ccc1C. The van der Waals surface area contributed by atoms with Gasteiger partial charge >= 0.3 is 0 Å². The molecule has 3 heteroatoms. The molecule has 0 aliphatic rings. The first-order valence-corrected chi connectivity index (χ1v) is 7.48. The highest BCUT2D eigenvalue weighted by molar-refractivity contribution is 5.36. The van der Waals surface area contributed by atoms with E-state index >= 15 is 0 Å². The molecule has 0 aliphatic carbocycles. The van der Waals surface area contributed by atoms with Crippen LogP contribution in [0.15, 0.2) is 30.6 Å². The van der Waals surface area contributed by atoms with E-state index in [1.54, 1.807) is 0 Å². The third kappa shape index (κ3) is 3.10. The van der Waals surface area contributed by atoms with Gasteiger partial charge in [0.25, 0.3) is 0 Å². The number of hydrogen-bond acceptors (Lipinski definition) is 2. The Labute approximate surface area is 122 Å². The second-order valence-electron chi connectivity index (χ2n) is 5.33. The lowest BCUT2D eigenvalue weighted by Gasteiger charge is -2.21. The first-order valence-electron chi connectivity index (χ1n) is 7.48. The van der Waals surface area contributed by atoms with Crippen molar-refractivity contribution in [3.8, 4) is 0 Å². The molecule has 1 aromatic heterocycles. The van der Waals surface area contributed by atoms with Crippen molar-refractivity contribution in [1.82, 2.24) is 14.9 Å². The molecule has 1 atom stereocenters. The number of nitrogens with zero attached hydrogens (tertiary/aromatic N) is 2. The number of imidazole rings is 1. The molecule has 1 aromatic carbocycles. The van der Waals surface area contributed by atoms with E-state index in [4.69, 9.17) is 0 Å². The summed E-state index contributed by atoms with van der Waals surface area (Å²) in [5.41, 5.74) is 3.94. The molecule has 0 amide bonds. The Morgan fingerprint density at radius 1 is 1.25 bits per heavy atom. The molecule has 20 heavy (non-hydrogen) atoms. The van der Waals surface area contributed by atoms with Gasteiger partial charge in [0.05, 0.1) is 6.04 Å². The molecule has 2 rings (SSSR count). The predicted molar refractivity (Wildman–Crippen MR) is 84.0 cm³/mol. The maximum Gasteiger partial charge on any atom is 0.130 e. The standard InChI is InChI=1S/C17H25N3/c1-5-10-20-11-9-19-17(20)16(18-6-2)15-12-13(3)7-8-14(15)4/h7-9,11-12,16,18H,5-6,10H2,1-4H3. The van der Waals surface area contributed by atoms with Gasteiger partial charge in [-0.2, -0.15) is 0 Å². The minimum absolute atomic E-state index is 0.168. The van der Waals surface area contributed by atoms with Crippen molar-refractivity contribution in [3.63, 3.8) is 0 Å². The van der Waals surface area contributed by atoms with Crippen LogP contribution >= 0.6 is 0 Å². The topological polar surface area (TPSA) is 29.9 Å². The van der Waals surface area contributed by atoms with E-state index in [2.05, 4.69) is 67.0 Å². The third-order valence-electron chi connectivity index (χ3n) is 3.62. The number of nitrogens with one attached hydrogen (secondary N) is 1. The zero-order valence-electron chi connectivity index (χ0n) is 13.0. The predicted octanol–water partition coefficient (Wildman–Crippen LogP) is 3.61. The van der Waals surface area contributed by atoms with Gasteiger partial charge in [-0.15, -0.1) is 0 Å². The lowest BCUT2D eigenvalue weighted by molar-refractivity contribution is 0.542. The minimum atomic E-state index is 0.168. The van der Waals surface area contributed by atoms with E-state index < -0.39 is 0 Å². The summed E-state index contributed by atoms with van der Waals surface area (Å²) in [6.07, 6.45) is 5.10. The Hall–Kier alpha value is -1.61. The first kappa shape index (κ1) is 14.8. The van der Waals surface area contributed by atoms with Crippen molar-refractivity contribution in [1.29, 1.82) is 0 Å². The highest BCUT2D eigenvalue weighted by Gasteiger charge is 2.19. The molecule has 0 spiro atoms. The second kappa shape index (κ2) is 6.71. The molecule has 1 unspecified atom stereocenters. The molecular weight excluding hydrogens is 246 g/mol. The van der Waals surface area contributed by atoms with Crippen LogP contribution in [0.1, 0.15) is 48.8 Å². The van der Waals surface area contributed by atoms with E-state index in [0.717, 1.165) is 25.3 Å². The maximum absolute atomic E-state index is 4.60. The fourth-order valence-electron chi connectivity index (χ4n) is 2.63. The molecule has 0 saturated heterocycles. The quantitative estimate of drug-likeness (QED) is 0.870. The molecule has 0 aliphatic heterocycles. The molecule has 3 nitrogen and oxygen atoms in total. The lowest BCUT2D eigenvalue weighted by Crippen LogP contribution is -2.26. The third-order valence-corrected chi connectivity index (χ3v) is 3.62. The fraction of sp³-hybridized carbons (Fsp3) is 0.471. The van der Waals surface area contributed by atoms with Gasteiger partial charge in [0.1, 0.15) is 5.82 Å². The molecule has 2 aromatic rings.